The van der Waals surface area contributed by atoms with Crippen LogP contribution in [0.1, 0.15) is 51.7 Å². The Kier molecular flexibility index (Phi) is 5.63. The maximum absolute atomic E-state index is 5.14. The van der Waals surface area contributed by atoms with Crippen LogP contribution in [0.2, 0.25) is 0 Å². The topological polar surface area (TPSA) is 66.5 Å². The predicted octanol–water partition coefficient (Wildman–Crippen LogP) is 5.38. The van der Waals surface area contributed by atoms with Gasteiger partial charge >= 0.3 is 0 Å². The third-order valence-corrected chi connectivity index (χ3v) is 5.63. The number of aromatic amines is 1. The summed E-state index contributed by atoms with van der Waals surface area (Å²) in [6.07, 6.45) is 1.83. The summed E-state index contributed by atoms with van der Waals surface area (Å²) in [6, 6.07) is 18.8. The van der Waals surface area contributed by atoms with Gasteiger partial charge in [0.2, 0.25) is 0 Å². The summed E-state index contributed by atoms with van der Waals surface area (Å²) < 4.78 is 0. The number of aromatic nitrogens is 4. The highest BCUT2D eigenvalue weighted by molar-refractivity contribution is 5.94. The first-order valence-corrected chi connectivity index (χ1v) is 10.8. The lowest BCUT2D eigenvalue weighted by Crippen LogP contribution is -2.33. The Bertz CT molecular complexity index is 1170. The monoisotopic (exact) mass is 413 g/mol. The molecule has 0 atom stereocenters. The summed E-state index contributed by atoms with van der Waals surface area (Å²) in [4.78, 5) is 9.54. The lowest BCUT2D eigenvalue weighted by atomic mass is 9.87. The zero-order chi connectivity index (χ0) is 22.1. The molecule has 160 valence electrons. The first-order valence-electron chi connectivity index (χ1n) is 10.8. The number of fused-ring (bicyclic) bond motifs is 1. The highest BCUT2D eigenvalue weighted by Gasteiger charge is 2.25. The second-order valence-corrected chi connectivity index (χ2v) is 9.80. The van der Waals surface area contributed by atoms with Crippen molar-refractivity contribution in [3.05, 3.63) is 77.9 Å². The van der Waals surface area contributed by atoms with Crippen LogP contribution in [0.3, 0.4) is 0 Å². The van der Waals surface area contributed by atoms with Crippen molar-refractivity contribution >= 4 is 10.8 Å². The summed E-state index contributed by atoms with van der Waals surface area (Å²) in [6.45, 7) is 12.5. The lowest BCUT2D eigenvalue weighted by molar-refractivity contribution is 0.456. The molecule has 0 fully saturated rings. The SMILES string of the molecule is CC(C)(C)c1cc(-c2nc(C(C)(C)CNCc3ccccn3)cc3ccccc23)[nH]n1. The Hall–Kier alpha value is -3.05. The molecule has 5 nitrogen and oxygen atoms in total. The highest BCUT2D eigenvalue weighted by Crippen LogP contribution is 2.32. The maximum Gasteiger partial charge on any atom is 0.0962 e. The van der Waals surface area contributed by atoms with E-state index in [0.29, 0.717) is 0 Å². The van der Waals surface area contributed by atoms with E-state index in [-0.39, 0.29) is 10.8 Å². The predicted molar refractivity (Wildman–Crippen MR) is 127 cm³/mol. The fourth-order valence-electron chi connectivity index (χ4n) is 3.67. The van der Waals surface area contributed by atoms with Crippen molar-refractivity contribution in [2.75, 3.05) is 6.54 Å². The molecule has 4 aromatic rings. The molecule has 0 aliphatic heterocycles. The van der Waals surface area contributed by atoms with Crippen LogP contribution in [0.4, 0.5) is 0 Å². The van der Waals surface area contributed by atoms with Gasteiger partial charge in [-0.2, -0.15) is 5.10 Å². The van der Waals surface area contributed by atoms with E-state index in [4.69, 9.17) is 4.98 Å². The standard InChI is InChI=1S/C26H31N5/c1-25(2,3)22-15-21(30-31-22)24-20-12-7-6-10-18(20)14-23(29-24)26(4,5)17-27-16-19-11-8-9-13-28-19/h6-15,27H,16-17H2,1-5H3,(H,30,31). The first-order chi connectivity index (χ1) is 14.7. The fraction of sp³-hybridized carbons (Fsp3) is 0.346. The summed E-state index contributed by atoms with van der Waals surface area (Å²) in [5, 5.41) is 13.7. The number of H-pyrrole nitrogens is 1. The number of nitrogens with one attached hydrogen (secondary N) is 2. The van der Waals surface area contributed by atoms with Gasteiger partial charge in [0.15, 0.2) is 0 Å². The van der Waals surface area contributed by atoms with E-state index in [2.05, 4.69) is 91.5 Å². The third kappa shape index (κ3) is 4.67. The van der Waals surface area contributed by atoms with Crippen LogP contribution in [-0.4, -0.2) is 26.7 Å². The molecule has 0 saturated heterocycles. The highest BCUT2D eigenvalue weighted by atomic mass is 15.1. The molecule has 0 aliphatic carbocycles. The minimum atomic E-state index is -0.152. The number of hydrogen-bond donors (Lipinski definition) is 2. The average molecular weight is 414 g/mol. The van der Waals surface area contributed by atoms with Gasteiger partial charge in [-0.15, -0.1) is 0 Å². The third-order valence-electron chi connectivity index (χ3n) is 5.63. The van der Waals surface area contributed by atoms with E-state index in [1.807, 2.05) is 24.4 Å². The van der Waals surface area contributed by atoms with Gasteiger partial charge in [0, 0.05) is 41.2 Å². The van der Waals surface area contributed by atoms with Gasteiger partial charge in [-0.3, -0.25) is 10.1 Å². The molecule has 5 heteroatoms. The van der Waals surface area contributed by atoms with E-state index < -0.39 is 0 Å². The van der Waals surface area contributed by atoms with Gasteiger partial charge in [-0.1, -0.05) is 65.0 Å². The Labute approximate surface area is 184 Å². The quantitative estimate of drug-likeness (QED) is 0.445. The molecule has 0 radical (unpaired) electrons. The van der Waals surface area contributed by atoms with Gasteiger partial charge < -0.3 is 5.32 Å². The molecule has 4 rings (SSSR count). The van der Waals surface area contributed by atoms with Crippen molar-refractivity contribution in [1.82, 2.24) is 25.5 Å². The molecular formula is C26H31N5. The molecule has 0 amide bonds. The van der Waals surface area contributed by atoms with Crippen LogP contribution in [-0.2, 0) is 17.4 Å². The largest absolute Gasteiger partial charge is 0.310 e. The van der Waals surface area contributed by atoms with E-state index in [1.165, 1.54) is 5.39 Å². The van der Waals surface area contributed by atoms with Crippen LogP contribution >= 0.6 is 0 Å². The number of benzene rings is 1. The summed E-state index contributed by atoms with van der Waals surface area (Å²) in [5.74, 6) is 0. The summed E-state index contributed by atoms with van der Waals surface area (Å²) in [5.41, 5.74) is 4.88. The molecule has 3 heterocycles. The van der Waals surface area contributed by atoms with Crippen LogP contribution < -0.4 is 5.32 Å². The van der Waals surface area contributed by atoms with Crippen molar-refractivity contribution in [2.24, 2.45) is 0 Å². The number of pyridine rings is 2. The Morgan fingerprint density at radius 1 is 0.903 bits per heavy atom. The van der Waals surface area contributed by atoms with Crippen LogP contribution in [0.15, 0.2) is 60.8 Å². The fourth-order valence-corrected chi connectivity index (χ4v) is 3.67. The van der Waals surface area contributed by atoms with Gasteiger partial charge in [0.1, 0.15) is 0 Å². The van der Waals surface area contributed by atoms with Crippen molar-refractivity contribution in [3.8, 4) is 11.4 Å². The van der Waals surface area contributed by atoms with E-state index in [1.54, 1.807) is 0 Å². The molecule has 2 N–H and O–H groups in total. The molecule has 3 aromatic heterocycles. The summed E-state index contributed by atoms with van der Waals surface area (Å²) >= 11 is 0. The van der Waals surface area contributed by atoms with Crippen molar-refractivity contribution in [2.45, 2.75) is 52.0 Å². The zero-order valence-electron chi connectivity index (χ0n) is 19.0. The molecular weight excluding hydrogens is 382 g/mol. The lowest BCUT2D eigenvalue weighted by Gasteiger charge is -2.26. The van der Waals surface area contributed by atoms with Gasteiger partial charge in [0.05, 0.1) is 22.8 Å². The summed E-state index contributed by atoms with van der Waals surface area (Å²) in [7, 11) is 0. The van der Waals surface area contributed by atoms with Crippen molar-refractivity contribution < 1.29 is 0 Å². The number of nitrogens with zero attached hydrogens (tertiary/aromatic N) is 3. The van der Waals surface area contributed by atoms with Gasteiger partial charge in [-0.25, -0.2) is 4.98 Å². The van der Waals surface area contributed by atoms with E-state index >= 15 is 0 Å². The first kappa shape index (κ1) is 21.2. The average Bonchev–Trinajstić information content (AvgIpc) is 3.24. The smallest absolute Gasteiger partial charge is 0.0962 e. The molecule has 31 heavy (non-hydrogen) atoms. The Balaban J connectivity index is 1.67. The van der Waals surface area contributed by atoms with E-state index in [9.17, 15) is 0 Å². The van der Waals surface area contributed by atoms with Crippen LogP contribution in [0.25, 0.3) is 22.2 Å². The Morgan fingerprint density at radius 2 is 1.68 bits per heavy atom. The molecule has 0 saturated carbocycles. The second-order valence-electron chi connectivity index (χ2n) is 9.80. The molecule has 0 aliphatic rings. The molecule has 0 spiro atoms. The van der Waals surface area contributed by atoms with Crippen molar-refractivity contribution in [1.29, 1.82) is 0 Å². The van der Waals surface area contributed by atoms with Crippen molar-refractivity contribution in [3.63, 3.8) is 0 Å². The van der Waals surface area contributed by atoms with Crippen LogP contribution in [0, 0.1) is 0 Å². The second kappa shape index (κ2) is 8.23. The normalized spacial score (nSPS) is 12.4. The molecule has 0 bridgehead atoms. The zero-order valence-corrected chi connectivity index (χ0v) is 19.0. The molecule has 1 aromatic carbocycles. The number of hydrogen-bond acceptors (Lipinski definition) is 4. The minimum absolute atomic E-state index is 0.0170. The molecule has 0 unspecified atom stereocenters. The van der Waals surface area contributed by atoms with Gasteiger partial charge in [-0.05, 0) is 29.7 Å². The van der Waals surface area contributed by atoms with E-state index in [0.717, 1.165) is 46.9 Å². The Morgan fingerprint density at radius 3 is 2.39 bits per heavy atom. The van der Waals surface area contributed by atoms with Crippen LogP contribution in [0.5, 0.6) is 0 Å². The minimum Gasteiger partial charge on any atom is -0.310 e. The number of rotatable bonds is 6. The van der Waals surface area contributed by atoms with Gasteiger partial charge in [0.25, 0.3) is 0 Å². The maximum atomic E-state index is 5.14.